The van der Waals surface area contributed by atoms with Gasteiger partial charge in [-0.15, -0.1) is 0 Å². The number of piperidine rings is 1. The summed E-state index contributed by atoms with van der Waals surface area (Å²) in [5.41, 5.74) is 3.66. The Balaban J connectivity index is 1.49. The molecule has 1 heterocycles. The summed E-state index contributed by atoms with van der Waals surface area (Å²) in [5, 5.41) is 3.12. The maximum absolute atomic E-state index is 12.2. The SMILES string of the molecule is CC1CCN(c2ccc([C@H](C)NC(=O)CCc3ccccc3)cc2)CC1. The van der Waals surface area contributed by atoms with Crippen LogP contribution in [0, 0.1) is 5.92 Å². The van der Waals surface area contributed by atoms with Crippen molar-refractivity contribution in [2.24, 2.45) is 5.92 Å². The molecule has 1 aliphatic heterocycles. The Labute approximate surface area is 157 Å². The first-order valence-corrected chi connectivity index (χ1v) is 9.80. The van der Waals surface area contributed by atoms with E-state index in [4.69, 9.17) is 0 Å². The molecule has 0 aromatic heterocycles. The minimum absolute atomic E-state index is 0.0358. The first-order chi connectivity index (χ1) is 12.6. The maximum Gasteiger partial charge on any atom is 0.220 e. The quantitative estimate of drug-likeness (QED) is 0.816. The van der Waals surface area contributed by atoms with Gasteiger partial charge in [0.1, 0.15) is 0 Å². The third-order valence-corrected chi connectivity index (χ3v) is 5.40. The highest BCUT2D eigenvalue weighted by Crippen LogP contribution is 2.24. The zero-order valence-corrected chi connectivity index (χ0v) is 15.9. The highest BCUT2D eigenvalue weighted by atomic mass is 16.1. The summed E-state index contributed by atoms with van der Waals surface area (Å²) < 4.78 is 0. The fraction of sp³-hybridized carbons (Fsp3) is 0.435. The number of carbonyl (C=O) groups is 1. The Bertz CT molecular complexity index is 688. The Morgan fingerprint density at radius 1 is 1.08 bits per heavy atom. The molecule has 0 saturated carbocycles. The second-order valence-corrected chi connectivity index (χ2v) is 7.54. The number of rotatable bonds is 6. The number of nitrogens with one attached hydrogen (secondary N) is 1. The van der Waals surface area contributed by atoms with Crippen LogP contribution in [-0.2, 0) is 11.2 Å². The van der Waals surface area contributed by atoms with E-state index in [1.54, 1.807) is 0 Å². The number of nitrogens with zero attached hydrogens (tertiary/aromatic N) is 1. The highest BCUT2D eigenvalue weighted by Gasteiger charge is 2.16. The van der Waals surface area contributed by atoms with E-state index in [1.807, 2.05) is 18.2 Å². The maximum atomic E-state index is 12.2. The average molecular weight is 351 g/mol. The summed E-state index contributed by atoms with van der Waals surface area (Å²) in [6.07, 6.45) is 3.86. The average Bonchev–Trinajstić information content (AvgIpc) is 2.68. The molecule has 0 aliphatic carbocycles. The number of aryl methyl sites for hydroxylation is 1. The van der Waals surface area contributed by atoms with Crippen molar-refractivity contribution < 1.29 is 4.79 Å². The lowest BCUT2D eigenvalue weighted by Crippen LogP contribution is -2.32. The normalized spacial score (nSPS) is 16.3. The van der Waals surface area contributed by atoms with Crippen molar-refractivity contribution >= 4 is 11.6 Å². The molecule has 0 bridgehead atoms. The molecule has 2 aromatic carbocycles. The van der Waals surface area contributed by atoms with Crippen LogP contribution >= 0.6 is 0 Å². The molecule has 0 unspecified atom stereocenters. The number of benzene rings is 2. The third-order valence-electron chi connectivity index (χ3n) is 5.40. The monoisotopic (exact) mass is 350 g/mol. The van der Waals surface area contributed by atoms with Crippen LogP contribution < -0.4 is 10.2 Å². The molecule has 1 fully saturated rings. The first-order valence-electron chi connectivity index (χ1n) is 9.80. The van der Waals surface area contributed by atoms with Crippen LogP contribution in [0.4, 0.5) is 5.69 Å². The summed E-state index contributed by atoms with van der Waals surface area (Å²) in [6, 6.07) is 18.9. The summed E-state index contributed by atoms with van der Waals surface area (Å²) in [6.45, 7) is 6.68. The molecule has 3 nitrogen and oxygen atoms in total. The van der Waals surface area contributed by atoms with Crippen LogP contribution in [0.1, 0.15) is 50.3 Å². The van der Waals surface area contributed by atoms with Gasteiger partial charge in [-0.25, -0.2) is 0 Å². The number of hydrogen-bond acceptors (Lipinski definition) is 2. The van der Waals surface area contributed by atoms with Crippen LogP contribution in [0.15, 0.2) is 54.6 Å². The van der Waals surface area contributed by atoms with Gasteiger partial charge in [-0.2, -0.15) is 0 Å². The van der Waals surface area contributed by atoms with E-state index in [-0.39, 0.29) is 11.9 Å². The molecule has 0 radical (unpaired) electrons. The van der Waals surface area contributed by atoms with Crippen molar-refractivity contribution in [1.82, 2.24) is 5.32 Å². The Kier molecular flexibility index (Phi) is 6.32. The molecule has 3 heteroatoms. The zero-order chi connectivity index (χ0) is 18.4. The zero-order valence-electron chi connectivity index (χ0n) is 15.9. The molecule has 1 atom stereocenters. The van der Waals surface area contributed by atoms with Gasteiger partial charge in [-0.1, -0.05) is 49.4 Å². The molecule has 138 valence electrons. The lowest BCUT2D eigenvalue weighted by molar-refractivity contribution is -0.121. The van der Waals surface area contributed by atoms with Gasteiger partial charge in [0, 0.05) is 25.2 Å². The van der Waals surface area contributed by atoms with Crippen LogP contribution in [0.2, 0.25) is 0 Å². The van der Waals surface area contributed by atoms with E-state index in [0.29, 0.717) is 6.42 Å². The minimum Gasteiger partial charge on any atom is -0.372 e. The van der Waals surface area contributed by atoms with Crippen molar-refractivity contribution in [1.29, 1.82) is 0 Å². The summed E-state index contributed by atoms with van der Waals surface area (Å²) in [5.74, 6) is 0.951. The molecule has 3 rings (SSSR count). The molecule has 1 N–H and O–H groups in total. The van der Waals surface area contributed by atoms with Crippen LogP contribution in [0.3, 0.4) is 0 Å². The second kappa shape index (κ2) is 8.88. The van der Waals surface area contributed by atoms with Crippen LogP contribution in [-0.4, -0.2) is 19.0 Å². The number of carbonyl (C=O) groups excluding carboxylic acids is 1. The molecule has 26 heavy (non-hydrogen) atoms. The van der Waals surface area contributed by atoms with Crippen LogP contribution in [0.5, 0.6) is 0 Å². The molecule has 1 amide bonds. The Morgan fingerprint density at radius 2 is 1.73 bits per heavy atom. The largest absolute Gasteiger partial charge is 0.372 e. The number of amides is 1. The van der Waals surface area contributed by atoms with Gasteiger partial charge in [-0.3, -0.25) is 4.79 Å². The predicted octanol–water partition coefficient (Wildman–Crippen LogP) is 4.73. The van der Waals surface area contributed by atoms with Gasteiger partial charge >= 0.3 is 0 Å². The van der Waals surface area contributed by atoms with Gasteiger partial charge in [0.05, 0.1) is 6.04 Å². The fourth-order valence-corrected chi connectivity index (χ4v) is 3.54. The Hall–Kier alpha value is -2.29. The molecule has 1 aliphatic rings. The summed E-state index contributed by atoms with van der Waals surface area (Å²) in [7, 11) is 0. The number of anilines is 1. The molecular weight excluding hydrogens is 320 g/mol. The van der Waals surface area contributed by atoms with Crippen molar-refractivity contribution in [3.8, 4) is 0 Å². The van der Waals surface area contributed by atoms with E-state index < -0.39 is 0 Å². The molecule has 0 spiro atoms. The summed E-state index contributed by atoms with van der Waals surface area (Å²) >= 11 is 0. The second-order valence-electron chi connectivity index (χ2n) is 7.54. The number of hydrogen-bond donors (Lipinski definition) is 1. The minimum atomic E-state index is 0.0358. The fourth-order valence-electron chi connectivity index (χ4n) is 3.54. The predicted molar refractivity (Wildman–Crippen MR) is 108 cm³/mol. The summed E-state index contributed by atoms with van der Waals surface area (Å²) in [4.78, 5) is 14.7. The topological polar surface area (TPSA) is 32.3 Å². The highest BCUT2D eigenvalue weighted by molar-refractivity contribution is 5.76. The van der Waals surface area contributed by atoms with Gasteiger partial charge < -0.3 is 10.2 Å². The molecule has 2 aromatic rings. The van der Waals surface area contributed by atoms with E-state index in [9.17, 15) is 4.79 Å². The van der Waals surface area contributed by atoms with Crippen molar-refractivity contribution in [2.75, 3.05) is 18.0 Å². The smallest absolute Gasteiger partial charge is 0.220 e. The Morgan fingerprint density at radius 3 is 2.38 bits per heavy atom. The van der Waals surface area contributed by atoms with Crippen molar-refractivity contribution in [2.45, 2.75) is 45.6 Å². The van der Waals surface area contributed by atoms with Gasteiger partial charge in [-0.05, 0) is 55.4 Å². The van der Waals surface area contributed by atoms with Crippen molar-refractivity contribution in [3.63, 3.8) is 0 Å². The standard InChI is InChI=1S/C23H30N2O/c1-18-14-16-25(17-15-18)22-11-9-21(10-12-22)19(2)24-23(26)13-8-20-6-4-3-5-7-20/h3-7,9-12,18-19H,8,13-17H2,1-2H3,(H,24,26)/t19-/m0/s1. The van der Waals surface area contributed by atoms with Gasteiger partial charge in [0.25, 0.3) is 0 Å². The van der Waals surface area contributed by atoms with Crippen molar-refractivity contribution in [3.05, 3.63) is 65.7 Å². The van der Waals surface area contributed by atoms with Crippen LogP contribution in [0.25, 0.3) is 0 Å². The van der Waals surface area contributed by atoms with Gasteiger partial charge in [0.15, 0.2) is 0 Å². The molecular formula is C23H30N2O. The van der Waals surface area contributed by atoms with E-state index in [0.717, 1.165) is 31.0 Å². The third kappa shape index (κ3) is 5.10. The van der Waals surface area contributed by atoms with E-state index in [2.05, 4.69) is 60.5 Å². The lowest BCUT2D eigenvalue weighted by atomic mass is 9.98. The van der Waals surface area contributed by atoms with Gasteiger partial charge in [0.2, 0.25) is 5.91 Å². The first kappa shape index (κ1) is 18.5. The molecule has 1 saturated heterocycles. The lowest BCUT2D eigenvalue weighted by Gasteiger charge is -2.32. The van der Waals surface area contributed by atoms with E-state index in [1.165, 1.54) is 24.1 Å². The van der Waals surface area contributed by atoms with E-state index >= 15 is 0 Å².